The van der Waals surface area contributed by atoms with E-state index in [0.717, 1.165) is 6.42 Å². The van der Waals surface area contributed by atoms with Crippen molar-refractivity contribution in [2.75, 3.05) is 31.1 Å². The molecule has 0 spiro atoms. The summed E-state index contributed by atoms with van der Waals surface area (Å²) in [6.45, 7) is 1.64. The first kappa shape index (κ1) is 20.3. The van der Waals surface area contributed by atoms with E-state index in [1.807, 2.05) is 6.92 Å². The zero-order chi connectivity index (χ0) is 19.8. The SMILES string of the molecule is CCCNC(=O)CNC(=O)COC(=O)[C@H]1CC(=O)N(c2ccccc2F)C1. The molecular weight excluding hydrogens is 357 g/mol. The molecule has 0 saturated carbocycles. The fraction of sp³-hybridized carbons (Fsp3) is 0.444. The van der Waals surface area contributed by atoms with Crippen molar-refractivity contribution >= 4 is 29.4 Å². The van der Waals surface area contributed by atoms with Crippen LogP contribution in [-0.4, -0.2) is 49.9 Å². The number of amides is 3. The smallest absolute Gasteiger partial charge is 0.311 e. The summed E-state index contributed by atoms with van der Waals surface area (Å²) in [6.07, 6.45) is 0.662. The van der Waals surface area contributed by atoms with Gasteiger partial charge in [0.1, 0.15) is 5.82 Å². The fourth-order valence-electron chi connectivity index (χ4n) is 2.58. The molecule has 1 aromatic carbocycles. The lowest BCUT2D eigenvalue weighted by Crippen LogP contribution is -2.39. The topological polar surface area (TPSA) is 105 Å². The quantitative estimate of drug-likeness (QED) is 0.635. The minimum atomic E-state index is -0.780. The maximum absolute atomic E-state index is 13.8. The van der Waals surface area contributed by atoms with Gasteiger partial charge in [-0.3, -0.25) is 19.2 Å². The summed E-state index contributed by atoms with van der Waals surface area (Å²) in [4.78, 5) is 48.4. The second-order valence-corrected chi connectivity index (χ2v) is 6.09. The Balaban J connectivity index is 1.78. The Bertz CT molecular complexity index is 725. The summed E-state index contributed by atoms with van der Waals surface area (Å²) in [5.41, 5.74) is 0.105. The molecular formula is C18H22FN3O5. The Kier molecular flexibility index (Phi) is 7.27. The van der Waals surface area contributed by atoms with Crippen molar-refractivity contribution < 1.29 is 28.3 Å². The number of carbonyl (C=O) groups is 4. The van der Waals surface area contributed by atoms with Gasteiger partial charge in [0.25, 0.3) is 5.91 Å². The summed E-state index contributed by atoms with van der Waals surface area (Å²) >= 11 is 0. The van der Waals surface area contributed by atoms with Gasteiger partial charge in [0.05, 0.1) is 18.2 Å². The van der Waals surface area contributed by atoms with E-state index in [1.165, 1.54) is 23.1 Å². The van der Waals surface area contributed by atoms with E-state index in [2.05, 4.69) is 10.6 Å². The number of hydrogen-bond donors (Lipinski definition) is 2. The molecule has 3 amide bonds. The fourth-order valence-corrected chi connectivity index (χ4v) is 2.58. The van der Waals surface area contributed by atoms with Crippen molar-refractivity contribution in [3.05, 3.63) is 30.1 Å². The third kappa shape index (κ3) is 5.77. The number of anilines is 1. The Morgan fingerprint density at radius 1 is 1.22 bits per heavy atom. The summed E-state index contributed by atoms with van der Waals surface area (Å²) in [5.74, 6) is -3.39. The lowest BCUT2D eigenvalue weighted by atomic mass is 10.1. The Morgan fingerprint density at radius 2 is 1.96 bits per heavy atom. The van der Waals surface area contributed by atoms with Crippen LogP contribution in [0.2, 0.25) is 0 Å². The molecule has 2 rings (SSSR count). The lowest BCUT2D eigenvalue weighted by Gasteiger charge is -2.17. The molecule has 1 heterocycles. The van der Waals surface area contributed by atoms with E-state index in [-0.39, 0.29) is 37.0 Å². The molecule has 0 bridgehead atoms. The van der Waals surface area contributed by atoms with Gasteiger partial charge >= 0.3 is 5.97 Å². The molecule has 1 aliphatic rings. The van der Waals surface area contributed by atoms with Crippen molar-refractivity contribution in [2.24, 2.45) is 5.92 Å². The van der Waals surface area contributed by atoms with E-state index in [1.54, 1.807) is 6.07 Å². The summed E-state index contributed by atoms with van der Waals surface area (Å²) in [6, 6.07) is 5.79. The van der Waals surface area contributed by atoms with Crippen LogP contribution in [0.1, 0.15) is 19.8 Å². The van der Waals surface area contributed by atoms with Crippen LogP contribution in [0.3, 0.4) is 0 Å². The highest BCUT2D eigenvalue weighted by Crippen LogP contribution is 2.27. The third-order valence-electron chi connectivity index (χ3n) is 3.97. The second kappa shape index (κ2) is 9.65. The molecule has 0 unspecified atom stereocenters. The normalized spacial score (nSPS) is 16.1. The number of benzene rings is 1. The summed E-state index contributed by atoms with van der Waals surface area (Å²) in [7, 11) is 0. The molecule has 2 N–H and O–H groups in total. The van der Waals surface area contributed by atoms with Crippen molar-refractivity contribution in [1.29, 1.82) is 0 Å². The Morgan fingerprint density at radius 3 is 2.67 bits per heavy atom. The first-order chi connectivity index (χ1) is 12.9. The van der Waals surface area contributed by atoms with Crippen molar-refractivity contribution in [2.45, 2.75) is 19.8 Å². The monoisotopic (exact) mass is 379 g/mol. The van der Waals surface area contributed by atoms with E-state index >= 15 is 0 Å². The molecule has 27 heavy (non-hydrogen) atoms. The predicted octanol–water partition coefficient (Wildman–Crippen LogP) is 0.364. The highest BCUT2D eigenvalue weighted by Gasteiger charge is 2.37. The standard InChI is InChI=1S/C18H22FN3O5/c1-2-7-20-15(23)9-21-16(24)11-27-18(26)12-8-17(25)22(10-12)14-6-4-3-5-13(14)19/h3-6,12H,2,7-11H2,1H3,(H,20,23)(H,21,24)/t12-/m0/s1. The number of rotatable bonds is 8. The van der Waals surface area contributed by atoms with Gasteiger partial charge in [0.2, 0.25) is 11.8 Å². The number of nitrogens with one attached hydrogen (secondary N) is 2. The average Bonchev–Trinajstić information content (AvgIpc) is 3.04. The first-order valence-corrected chi connectivity index (χ1v) is 8.67. The van der Waals surface area contributed by atoms with Crippen LogP contribution in [0, 0.1) is 11.7 Å². The Labute approximate surface area is 156 Å². The van der Waals surface area contributed by atoms with Crippen molar-refractivity contribution in [1.82, 2.24) is 10.6 Å². The van der Waals surface area contributed by atoms with E-state index < -0.39 is 30.2 Å². The van der Waals surface area contributed by atoms with E-state index in [9.17, 15) is 23.6 Å². The van der Waals surface area contributed by atoms with Crippen LogP contribution in [0.4, 0.5) is 10.1 Å². The zero-order valence-corrected chi connectivity index (χ0v) is 15.0. The van der Waals surface area contributed by atoms with Gasteiger partial charge in [0.15, 0.2) is 6.61 Å². The maximum Gasteiger partial charge on any atom is 0.311 e. The number of ether oxygens (including phenoxy) is 1. The minimum absolute atomic E-state index is 0.0142. The van der Waals surface area contributed by atoms with Crippen LogP contribution in [0.5, 0.6) is 0 Å². The maximum atomic E-state index is 13.8. The number of halogens is 1. The highest BCUT2D eigenvalue weighted by molar-refractivity contribution is 5.99. The first-order valence-electron chi connectivity index (χ1n) is 8.67. The van der Waals surface area contributed by atoms with E-state index in [0.29, 0.717) is 6.54 Å². The van der Waals surface area contributed by atoms with Gasteiger partial charge in [-0.25, -0.2) is 4.39 Å². The number of hydrogen-bond acceptors (Lipinski definition) is 5. The van der Waals surface area contributed by atoms with Crippen LogP contribution < -0.4 is 15.5 Å². The molecule has 8 nitrogen and oxygen atoms in total. The summed E-state index contributed by atoms with van der Waals surface area (Å²) < 4.78 is 18.7. The van der Waals surface area contributed by atoms with Gasteiger partial charge in [-0.15, -0.1) is 0 Å². The van der Waals surface area contributed by atoms with Gasteiger partial charge < -0.3 is 20.3 Å². The minimum Gasteiger partial charge on any atom is -0.455 e. The average molecular weight is 379 g/mol. The number of carbonyl (C=O) groups excluding carboxylic acids is 4. The van der Waals surface area contributed by atoms with Crippen LogP contribution in [0.25, 0.3) is 0 Å². The van der Waals surface area contributed by atoms with Gasteiger partial charge in [-0.2, -0.15) is 0 Å². The molecule has 1 atom stereocenters. The highest BCUT2D eigenvalue weighted by atomic mass is 19.1. The largest absolute Gasteiger partial charge is 0.455 e. The second-order valence-electron chi connectivity index (χ2n) is 6.09. The van der Waals surface area contributed by atoms with Gasteiger partial charge in [-0.1, -0.05) is 19.1 Å². The predicted molar refractivity (Wildman–Crippen MR) is 94.1 cm³/mol. The molecule has 0 radical (unpaired) electrons. The van der Waals surface area contributed by atoms with Crippen LogP contribution >= 0.6 is 0 Å². The number of nitrogens with zero attached hydrogens (tertiary/aromatic N) is 1. The van der Waals surface area contributed by atoms with Crippen molar-refractivity contribution in [3.63, 3.8) is 0 Å². The van der Waals surface area contributed by atoms with Crippen molar-refractivity contribution in [3.8, 4) is 0 Å². The Hall–Kier alpha value is -2.97. The summed E-state index contributed by atoms with van der Waals surface area (Å²) in [5, 5.41) is 4.93. The number of para-hydroxylation sites is 1. The van der Waals surface area contributed by atoms with E-state index in [4.69, 9.17) is 4.74 Å². The lowest BCUT2D eigenvalue weighted by molar-refractivity contribution is -0.152. The zero-order valence-electron chi connectivity index (χ0n) is 15.0. The van der Waals surface area contributed by atoms with Gasteiger partial charge in [-0.05, 0) is 18.6 Å². The van der Waals surface area contributed by atoms with Gasteiger partial charge in [0, 0.05) is 19.5 Å². The molecule has 1 aliphatic heterocycles. The molecule has 0 aliphatic carbocycles. The molecule has 146 valence electrons. The molecule has 1 aromatic rings. The molecule has 9 heteroatoms. The van der Waals surface area contributed by atoms with Crippen LogP contribution in [0.15, 0.2) is 24.3 Å². The molecule has 1 fully saturated rings. The molecule has 1 saturated heterocycles. The van der Waals surface area contributed by atoms with Crippen LogP contribution in [-0.2, 0) is 23.9 Å². The number of esters is 1. The third-order valence-corrected chi connectivity index (χ3v) is 3.97. The molecule has 0 aromatic heterocycles.